The first kappa shape index (κ1) is 14.8. The van der Waals surface area contributed by atoms with Gasteiger partial charge in [-0.3, -0.25) is 4.79 Å². The number of carbonyl (C=O) groups is 1. The molecule has 0 saturated heterocycles. The lowest BCUT2D eigenvalue weighted by Gasteiger charge is -2.29. The minimum Gasteiger partial charge on any atom is -0.492 e. The normalized spacial score (nSPS) is 18.6. The average Bonchev–Trinajstić information content (AvgIpc) is 2.45. The van der Waals surface area contributed by atoms with Gasteiger partial charge in [0.25, 0.3) is 0 Å². The summed E-state index contributed by atoms with van der Waals surface area (Å²) >= 11 is 4.95. The lowest BCUT2D eigenvalue weighted by molar-refractivity contribution is -0.135. The zero-order valence-corrected chi connectivity index (χ0v) is 12.7. The molecule has 0 fully saturated rings. The van der Waals surface area contributed by atoms with Gasteiger partial charge in [-0.15, -0.1) is 0 Å². The first-order valence-corrected chi connectivity index (χ1v) is 7.15. The third-order valence-electron chi connectivity index (χ3n) is 3.64. The van der Waals surface area contributed by atoms with Crippen LogP contribution in [0.25, 0.3) is 0 Å². The maximum Gasteiger partial charge on any atom is 0.229 e. The topological polar surface area (TPSA) is 55.6 Å². The summed E-state index contributed by atoms with van der Waals surface area (Å²) in [5, 5.41) is 0. The summed E-state index contributed by atoms with van der Waals surface area (Å²) in [5.41, 5.74) is 6.69. The van der Waals surface area contributed by atoms with E-state index in [0.29, 0.717) is 18.1 Å². The number of hydrogen-bond donors (Lipinski definition) is 1. The van der Waals surface area contributed by atoms with Crippen molar-refractivity contribution in [2.45, 2.75) is 13.3 Å². The van der Waals surface area contributed by atoms with E-state index in [1.807, 2.05) is 31.2 Å². The molecular weight excluding hydrogens is 272 g/mol. The van der Waals surface area contributed by atoms with Gasteiger partial charge < -0.3 is 15.4 Å². The van der Waals surface area contributed by atoms with Crippen molar-refractivity contribution >= 4 is 23.1 Å². The molecule has 5 heteroatoms. The van der Waals surface area contributed by atoms with Gasteiger partial charge >= 0.3 is 0 Å². The van der Waals surface area contributed by atoms with Crippen LogP contribution in [-0.4, -0.2) is 36.0 Å². The molecule has 2 atom stereocenters. The minimum atomic E-state index is -0.131. The van der Waals surface area contributed by atoms with Gasteiger partial charge in [0.2, 0.25) is 5.91 Å². The van der Waals surface area contributed by atoms with E-state index in [-0.39, 0.29) is 17.7 Å². The maximum absolute atomic E-state index is 12.4. The highest BCUT2D eigenvalue weighted by atomic mass is 32.1. The van der Waals surface area contributed by atoms with Crippen LogP contribution in [0.15, 0.2) is 24.3 Å². The van der Waals surface area contributed by atoms with Crippen LogP contribution in [0.3, 0.4) is 0 Å². The Hall–Kier alpha value is -1.62. The zero-order valence-electron chi connectivity index (χ0n) is 11.8. The average molecular weight is 292 g/mol. The summed E-state index contributed by atoms with van der Waals surface area (Å²) in [5.74, 6) is 0.863. The van der Waals surface area contributed by atoms with Gasteiger partial charge in [-0.1, -0.05) is 37.3 Å². The van der Waals surface area contributed by atoms with Gasteiger partial charge in [-0.25, -0.2) is 0 Å². The Morgan fingerprint density at radius 3 is 2.95 bits per heavy atom. The third-order valence-corrected chi connectivity index (χ3v) is 4.04. The van der Waals surface area contributed by atoms with E-state index < -0.39 is 0 Å². The van der Waals surface area contributed by atoms with E-state index in [1.54, 1.807) is 11.9 Å². The molecule has 1 aliphatic rings. The second-order valence-corrected chi connectivity index (χ2v) is 5.81. The molecule has 0 saturated carbocycles. The van der Waals surface area contributed by atoms with Gasteiger partial charge in [0.15, 0.2) is 0 Å². The smallest absolute Gasteiger partial charge is 0.229 e. The third kappa shape index (κ3) is 3.28. The van der Waals surface area contributed by atoms with Gasteiger partial charge in [-0.2, -0.15) is 0 Å². The highest BCUT2D eigenvalue weighted by molar-refractivity contribution is 7.80. The highest BCUT2D eigenvalue weighted by Gasteiger charge is 2.28. The van der Waals surface area contributed by atoms with Crippen LogP contribution in [0.2, 0.25) is 0 Å². The quantitative estimate of drug-likeness (QED) is 0.857. The van der Waals surface area contributed by atoms with Crippen molar-refractivity contribution in [3.8, 4) is 5.75 Å². The number of ether oxygens (including phenoxy) is 1. The fourth-order valence-electron chi connectivity index (χ4n) is 2.39. The van der Waals surface area contributed by atoms with Crippen molar-refractivity contribution in [1.29, 1.82) is 0 Å². The Bertz CT molecular complexity index is 518. The van der Waals surface area contributed by atoms with Crippen molar-refractivity contribution < 1.29 is 9.53 Å². The van der Waals surface area contributed by atoms with E-state index >= 15 is 0 Å². The van der Waals surface area contributed by atoms with Gasteiger partial charge in [0.1, 0.15) is 12.4 Å². The largest absolute Gasteiger partial charge is 0.492 e. The molecule has 0 radical (unpaired) electrons. The van der Waals surface area contributed by atoms with Crippen LogP contribution in [0.1, 0.15) is 12.5 Å². The van der Waals surface area contributed by atoms with E-state index in [0.717, 1.165) is 17.7 Å². The molecule has 20 heavy (non-hydrogen) atoms. The maximum atomic E-state index is 12.4. The van der Waals surface area contributed by atoms with Crippen molar-refractivity contribution in [1.82, 2.24) is 4.90 Å². The number of hydrogen-bond acceptors (Lipinski definition) is 3. The summed E-state index contributed by atoms with van der Waals surface area (Å²) in [6, 6.07) is 7.85. The Morgan fingerprint density at radius 1 is 1.55 bits per heavy atom. The number of nitrogens with two attached hydrogens (primary N) is 1. The predicted molar refractivity (Wildman–Crippen MR) is 82.7 cm³/mol. The molecule has 2 unspecified atom stereocenters. The Labute approximate surface area is 124 Å². The molecule has 0 aliphatic carbocycles. The molecule has 1 amide bonds. The number of nitrogens with zero attached hydrogens (tertiary/aromatic N) is 1. The number of para-hydroxylation sites is 1. The van der Waals surface area contributed by atoms with Crippen molar-refractivity contribution in [2.24, 2.45) is 17.6 Å². The summed E-state index contributed by atoms with van der Waals surface area (Å²) in [6.45, 7) is 2.91. The minimum absolute atomic E-state index is 0.0238. The molecule has 1 heterocycles. The summed E-state index contributed by atoms with van der Waals surface area (Å²) in [4.78, 5) is 14.6. The predicted octanol–water partition coefficient (Wildman–Crippen LogP) is 1.62. The van der Waals surface area contributed by atoms with E-state index in [9.17, 15) is 4.79 Å². The summed E-state index contributed by atoms with van der Waals surface area (Å²) < 4.78 is 5.66. The van der Waals surface area contributed by atoms with Crippen LogP contribution < -0.4 is 10.5 Å². The first-order valence-electron chi connectivity index (χ1n) is 6.74. The van der Waals surface area contributed by atoms with Crippen molar-refractivity contribution in [2.75, 3.05) is 20.2 Å². The van der Waals surface area contributed by atoms with Crippen LogP contribution in [0, 0.1) is 11.8 Å². The number of amides is 1. The Balaban J connectivity index is 1.99. The van der Waals surface area contributed by atoms with E-state index in [4.69, 9.17) is 22.7 Å². The lowest BCUT2D eigenvalue weighted by Crippen LogP contribution is -2.42. The fraction of sp³-hybridized carbons (Fsp3) is 0.467. The molecule has 0 aromatic heterocycles. The number of rotatable bonds is 4. The molecule has 4 nitrogen and oxygen atoms in total. The van der Waals surface area contributed by atoms with Crippen molar-refractivity contribution in [3.63, 3.8) is 0 Å². The first-order chi connectivity index (χ1) is 9.49. The van der Waals surface area contributed by atoms with Gasteiger partial charge in [0.05, 0.1) is 10.9 Å². The fourth-order valence-corrected chi connectivity index (χ4v) is 2.46. The molecule has 0 bridgehead atoms. The highest BCUT2D eigenvalue weighted by Crippen LogP contribution is 2.27. The standard InChI is InChI=1S/C15H20N2O2S/c1-10(14(16)20)8-17(2)15(18)12-7-11-5-3-4-6-13(11)19-9-12/h3-6,10,12H,7-9H2,1-2H3,(H2,16,20). The van der Waals surface area contributed by atoms with Gasteiger partial charge in [-0.05, 0) is 18.1 Å². The summed E-state index contributed by atoms with van der Waals surface area (Å²) in [6.07, 6.45) is 0.723. The van der Waals surface area contributed by atoms with E-state index in [1.165, 1.54) is 0 Å². The monoisotopic (exact) mass is 292 g/mol. The molecular formula is C15H20N2O2S. The van der Waals surface area contributed by atoms with Crippen molar-refractivity contribution in [3.05, 3.63) is 29.8 Å². The molecule has 108 valence electrons. The molecule has 1 aromatic carbocycles. The van der Waals surface area contributed by atoms with Crippen LogP contribution in [0.4, 0.5) is 0 Å². The molecule has 0 spiro atoms. The number of benzene rings is 1. The Kier molecular flexibility index (Phi) is 4.60. The summed E-state index contributed by atoms with van der Waals surface area (Å²) in [7, 11) is 1.79. The van der Waals surface area contributed by atoms with Crippen LogP contribution in [0.5, 0.6) is 5.75 Å². The molecule has 2 N–H and O–H groups in total. The van der Waals surface area contributed by atoms with Crippen LogP contribution >= 0.6 is 12.2 Å². The number of carbonyl (C=O) groups excluding carboxylic acids is 1. The second kappa shape index (κ2) is 6.22. The van der Waals surface area contributed by atoms with Gasteiger partial charge in [0, 0.05) is 19.5 Å². The SMILES string of the molecule is CC(CN(C)C(=O)C1COc2ccccc2C1)C(N)=S. The Morgan fingerprint density at radius 2 is 2.25 bits per heavy atom. The number of fused-ring (bicyclic) bond motifs is 1. The van der Waals surface area contributed by atoms with Crippen LogP contribution in [-0.2, 0) is 11.2 Å². The molecule has 2 rings (SSSR count). The van der Waals surface area contributed by atoms with E-state index in [2.05, 4.69) is 0 Å². The zero-order chi connectivity index (χ0) is 14.7. The molecule has 1 aliphatic heterocycles. The lowest BCUT2D eigenvalue weighted by atomic mass is 9.95. The molecule has 1 aromatic rings. The second-order valence-electron chi connectivity index (χ2n) is 5.34. The number of thiocarbonyl (C=S) groups is 1.